The van der Waals surface area contributed by atoms with E-state index in [1.807, 2.05) is 24.3 Å². The lowest BCUT2D eigenvalue weighted by Crippen LogP contribution is -2.31. The lowest BCUT2D eigenvalue weighted by molar-refractivity contribution is -0.123. The van der Waals surface area contributed by atoms with Gasteiger partial charge in [-0.2, -0.15) is 0 Å². The topological polar surface area (TPSA) is 98.5 Å². The maximum atomic E-state index is 12.0. The molecule has 1 amide bonds. The Morgan fingerprint density at radius 1 is 1.12 bits per heavy atom. The largest absolute Gasteiger partial charge is 0.484 e. The molecule has 6 nitrogen and oxygen atoms in total. The predicted molar refractivity (Wildman–Crippen MR) is 95.7 cm³/mol. The van der Waals surface area contributed by atoms with Gasteiger partial charge in [0, 0.05) is 0 Å². The Balaban J connectivity index is 1.88. The molecule has 0 heterocycles. The summed E-state index contributed by atoms with van der Waals surface area (Å²) in [5.41, 5.74) is 1.97. The van der Waals surface area contributed by atoms with Crippen LogP contribution in [0.15, 0.2) is 53.4 Å². The molecule has 0 aromatic heterocycles. The van der Waals surface area contributed by atoms with Crippen molar-refractivity contribution in [1.29, 1.82) is 0 Å². The number of nitrogens with one attached hydrogen (secondary N) is 1. The predicted octanol–water partition coefficient (Wildman–Crippen LogP) is 2.15. The van der Waals surface area contributed by atoms with E-state index in [1.54, 1.807) is 19.1 Å². The molecule has 0 radical (unpaired) electrons. The van der Waals surface area contributed by atoms with Gasteiger partial charge in [-0.1, -0.05) is 31.2 Å². The lowest BCUT2D eigenvalue weighted by atomic mass is 10.1. The Kier molecular flexibility index (Phi) is 6.17. The highest BCUT2D eigenvalue weighted by molar-refractivity contribution is 7.89. The third-order valence-electron chi connectivity index (χ3n) is 3.79. The molecule has 0 fully saturated rings. The number of carbonyl (C=O) groups is 1. The Labute approximate surface area is 148 Å². The summed E-state index contributed by atoms with van der Waals surface area (Å²) in [6.07, 6.45) is 0.947. The van der Waals surface area contributed by atoms with E-state index in [0.717, 1.165) is 12.0 Å². The van der Waals surface area contributed by atoms with E-state index in [4.69, 9.17) is 9.88 Å². The summed E-state index contributed by atoms with van der Waals surface area (Å²) in [5, 5.41) is 7.87. The third kappa shape index (κ3) is 5.58. The quantitative estimate of drug-likeness (QED) is 0.788. The number of primary sulfonamides is 1. The highest BCUT2D eigenvalue weighted by Gasteiger charge is 2.12. The molecule has 0 aliphatic carbocycles. The smallest absolute Gasteiger partial charge is 0.258 e. The highest BCUT2D eigenvalue weighted by atomic mass is 32.2. The number of nitrogens with two attached hydrogens (primary N) is 1. The van der Waals surface area contributed by atoms with E-state index >= 15 is 0 Å². The molecule has 2 aromatic rings. The molecule has 3 N–H and O–H groups in total. The molecular formula is C18H22N2O4S. The van der Waals surface area contributed by atoms with Gasteiger partial charge in [-0.25, -0.2) is 13.6 Å². The molecule has 1 unspecified atom stereocenters. The number of aryl methyl sites for hydroxylation is 1. The maximum Gasteiger partial charge on any atom is 0.258 e. The molecule has 25 heavy (non-hydrogen) atoms. The van der Waals surface area contributed by atoms with Crippen molar-refractivity contribution in [3.8, 4) is 5.75 Å². The summed E-state index contributed by atoms with van der Waals surface area (Å²) in [7, 11) is -3.72. The van der Waals surface area contributed by atoms with Gasteiger partial charge in [0.1, 0.15) is 5.75 Å². The van der Waals surface area contributed by atoms with E-state index < -0.39 is 10.0 Å². The minimum absolute atomic E-state index is 0.0358. The number of benzene rings is 2. The SMILES string of the molecule is CCc1ccc(OCC(=O)NC(C)c2ccc(S(N)(=O)=O)cc2)cc1. The van der Waals surface area contributed by atoms with Crippen LogP contribution >= 0.6 is 0 Å². The van der Waals surface area contributed by atoms with Gasteiger partial charge in [-0.15, -0.1) is 0 Å². The van der Waals surface area contributed by atoms with Crippen LogP contribution in [0.4, 0.5) is 0 Å². The van der Waals surface area contributed by atoms with E-state index in [2.05, 4.69) is 12.2 Å². The zero-order valence-corrected chi connectivity index (χ0v) is 15.0. The second-order valence-electron chi connectivity index (χ2n) is 5.69. The van der Waals surface area contributed by atoms with Gasteiger partial charge in [-0.3, -0.25) is 4.79 Å². The van der Waals surface area contributed by atoms with Gasteiger partial charge in [0.25, 0.3) is 5.91 Å². The Hall–Kier alpha value is -2.38. The van der Waals surface area contributed by atoms with E-state index in [0.29, 0.717) is 5.75 Å². The summed E-state index contributed by atoms with van der Waals surface area (Å²) in [6.45, 7) is 3.78. The van der Waals surface area contributed by atoms with Crippen molar-refractivity contribution in [3.05, 3.63) is 59.7 Å². The molecule has 2 rings (SSSR count). The number of rotatable bonds is 7. The van der Waals surface area contributed by atoms with Crippen LogP contribution < -0.4 is 15.2 Å². The Morgan fingerprint density at radius 3 is 2.24 bits per heavy atom. The highest BCUT2D eigenvalue weighted by Crippen LogP contribution is 2.16. The van der Waals surface area contributed by atoms with Gasteiger partial charge >= 0.3 is 0 Å². The number of ether oxygens (including phenoxy) is 1. The summed E-state index contributed by atoms with van der Waals surface area (Å²) in [6, 6.07) is 13.4. The molecule has 0 aliphatic heterocycles. The second kappa shape index (κ2) is 8.13. The fourth-order valence-electron chi connectivity index (χ4n) is 2.28. The second-order valence-corrected chi connectivity index (χ2v) is 7.25. The number of amides is 1. The van der Waals surface area contributed by atoms with Crippen molar-refractivity contribution in [2.24, 2.45) is 5.14 Å². The van der Waals surface area contributed by atoms with Crippen LogP contribution in [0.2, 0.25) is 0 Å². The van der Waals surface area contributed by atoms with Crippen LogP contribution in [0, 0.1) is 0 Å². The minimum Gasteiger partial charge on any atom is -0.484 e. The van der Waals surface area contributed by atoms with Crippen molar-refractivity contribution in [2.75, 3.05) is 6.61 Å². The lowest BCUT2D eigenvalue weighted by Gasteiger charge is -2.15. The van der Waals surface area contributed by atoms with Crippen molar-refractivity contribution in [3.63, 3.8) is 0 Å². The minimum atomic E-state index is -3.72. The van der Waals surface area contributed by atoms with Crippen molar-refractivity contribution in [2.45, 2.75) is 31.2 Å². The normalized spacial score (nSPS) is 12.4. The number of carbonyl (C=O) groups excluding carboxylic acids is 1. The average Bonchev–Trinajstić information content (AvgIpc) is 2.59. The van der Waals surface area contributed by atoms with E-state index in [9.17, 15) is 13.2 Å². The van der Waals surface area contributed by atoms with Crippen LogP contribution in [-0.4, -0.2) is 20.9 Å². The van der Waals surface area contributed by atoms with Crippen molar-refractivity contribution in [1.82, 2.24) is 5.32 Å². The van der Waals surface area contributed by atoms with Gasteiger partial charge in [0.15, 0.2) is 6.61 Å². The van der Waals surface area contributed by atoms with Crippen molar-refractivity contribution < 1.29 is 17.9 Å². The molecule has 7 heteroatoms. The number of hydrogen-bond donors (Lipinski definition) is 2. The van der Waals surface area contributed by atoms with Crippen LogP contribution in [0.3, 0.4) is 0 Å². The molecule has 0 bridgehead atoms. The molecule has 0 aliphatic rings. The van der Waals surface area contributed by atoms with Gasteiger partial charge in [-0.05, 0) is 48.7 Å². The zero-order chi connectivity index (χ0) is 18.4. The van der Waals surface area contributed by atoms with E-state index in [-0.39, 0.29) is 23.5 Å². The molecule has 2 aromatic carbocycles. The monoisotopic (exact) mass is 362 g/mol. The van der Waals surface area contributed by atoms with Gasteiger partial charge < -0.3 is 10.1 Å². The van der Waals surface area contributed by atoms with Gasteiger partial charge in [0.05, 0.1) is 10.9 Å². The average molecular weight is 362 g/mol. The Bertz CT molecular complexity index is 815. The van der Waals surface area contributed by atoms with Gasteiger partial charge in [0.2, 0.25) is 10.0 Å². The van der Waals surface area contributed by atoms with Crippen molar-refractivity contribution >= 4 is 15.9 Å². The summed E-state index contributed by atoms with van der Waals surface area (Å²) in [4.78, 5) is 12.0. The molecular weight excluding hydrogens is 340 g/mol. The summed E-state index contributed by atoms with van der Waals surface area (Å²) >= 11 is 0. The molecule has 134 valence electrons. The van der Waals surface area contributed by atoms with E-state index in [1.165, 1.54) is 17.7 Å². The summed E-state index contributed by atoms with van der Waals surface area (Å²) in [5.74, 6) is 0.375. The van der Waals surface area contributed by atoms with Crippen LogP contribution in [0.1, 0.15) is 31.0 Å². The zero-order valence-electron chi connectivity index (χ0n) is 14.2. The third-order valence-corrected chi connectivity index (χ3v) is 4.72. The standard InChI is InChI=1S/C18H22N2O4S/c1-3-14-4-8-16(9-5-14)24-12-18(21)20-13(2)15-6-10-17(11-7-15)25(19,22)23/h4-11,13H,3,12H2,1-2H3,(H,20,21)(H2,19,22,23). The number of hydrogen-bond acceptors (Lipinski definition) is 4. The molecule has 0 spiro atoms. The first kappa shape index (κ1) is 19.0. The fraction of sp³-hybridized carbons (Fsp3) is 0.278. The van der Waals surface area contributed by atoms with Crippen LogP contribution in [0.25, 0.3) is 0 Å². The maximum absolute atomic E-state index is 12.0. The first-order valence-electron chi connectivity index (χ1n) is 7.93. The van der Waals surface area contributed by atoms with Crippen LogP contribution in [0.5, 0.6) is 5.75 Å². The Morgan fingerprint density at radius 2 is 1.72 bits per heavy atom. The fourth-order valence-corrected chi connectivity index (χ4v) is 2.80. The molecule has 0 saturated heterocycles. The molecule has 1 atom stereocenters. The summed E-state index contributed by atoms with van der Waals surface area (Å²) < 4.78 is 27.9. The van der Waals surface area contributed by atoms with Crippen LogP contribution in [-0.2, 0) is 21.2 Å². The molecule has 0 saturated carbocycles. The first-order valence-corrected chi connectivity index (χ1v) is 9.48. The number of sulfonamides is 1. The first-order chi connectivity index (χ1) is 11.8.